The summed E-state index contributed by atoms with van der Waals surface area (Å²) in [6.07, 6.45) is -0.593. The summed E-state index contributed by atoms with van der Waals surface area (Å²) in [6.45, 7) is 6.38. The Morgan fingerprint density at radius 3 is 2.26 bits per heavy atom. The molecule has 10 nitrogen and oxygen atoms in total. The van der Waals surface area contributed by atoms with Gasteiger partial charge in [0.15, 0.2) is 0 Å². The fourth-order valence-corrected chi connectivity index (χ4v) is 4.97. The van der Waals surface area contributed by atoms with Crippen molar-refractivity contribution in [1.82, 2.24) is 9.97 Å². The molecule has 0 aliphatic heterocycles. The number of carbonyl (C=O) groups is 1. The van der Waals surface area contributed by atoms with Crippen molar-refractivity contribution in [1.29, 1.82) is 0 Å². The number of carboxylic acid groups (broad SMARTS) is 1. The molecule has 0 fully saturated rings. The molecule has 0 unspecified atom stereocenters. The van der Waals surface area contributed by atoms with E-state index in [1.54, 1.807) is 0 Å². The zero-order valence-electron chi connectivity index (χ0n) is 22.4. The number of halogens is 1. The number of aliphatic carboxylic acids is 1. The van der Waals surface area contributed by atoms with Gasteiger partial charge in [0.05, 0.1) is 34.9 Å². The molecular formula is C25H33FN3NaO7S. The van der Waals surface area contributed by atoms with Gasteiger partial charge in [-0.15, -0.1) is 0 Å². The number of hydrogen-bond donors (Lipinski definition) is 3. The van der Waals surface area contributed by atoms with Crippen molar-refractivity contribution in [2.45, 2.75) is 64.3 Å². The quantitative estimate of drug-likeness (QED) is 0.254. The number of nitrogens with zero attached hydrogens (tertiary/aromatic N) is 3. The van der Waals surface area contributed by atoms with E-state index in [2.05, 4.69) is 9.97 Å². The van der Waals surface area contributed by atoms with Crippen LogP contribution in [-0.4, -0.2) is 70.3 Å². The largest absolute Gasteiger partial charge is 1.00 e. The molecule has 2 rings (SSSR count). The summed E-state index contributed by atoms with van der Waals surface area (Å²) in [7, 11) is -2.75. The van der Waals surface area contributed by atoms with E-state index in [1.807, 2.05) is 13.8 Å². The third-order valence-electron chi connectivity index (χ3n) is 5.26. The van der Waals surface area contributed by atoms with Crippen LogP contribution in [0.1, 0.15) is 57.7 Å². The molecule has 38 heavy (non-hydrogen) atoms. The van der Waals surface area contributed by atoms with Crippen LogP contribution in [0, 0.1) is 5.82 Å². The average molecular weight is 562 g/mol. The summed E-state index contributed by atoms with van der Waals surface area (Å²) in [6, 6.07) is 5.38. The summed E-state index contributed by atoms with van der Waals surface area (Å²) in [5, 5.41) is 40.8. The minimum Gasteiger partial charge on any atom is -0.550 e. The maximum atomic E-state index is 13.6. The monoisotopic (exact) mass is 561 g/mol. The van der Waals surface area contributed by atoms with Crippen molar-refractivity contribution in [3.05, 3.63) is 47.4 Å². The number of aliphatic hydroxyl groups excluding tert-OH is 2. The molecule has 2 aromatic rings. The number of carbonyl (C=O) groups excluding carboxylic acids is 1. The van der Waals surface area contributed by atoms with Gasteiger partial charge >= 0.3 is 29.6 Å². The maximum Gasteiger partial charge on any atom is 1.00 e. The van der Waals surface area contributed by atoms with E-state index in [1.165, 1.54) is 57.3 Å². The topological polar surface area (TPSA) is 164 Å². The average Bonchev–Trinajstić information content (AvgIpc) is 2.74. The number of rotatable bonds is 12. The Kier molecular flexibility index (Phi) is 12.5. The molecule has 0 aliphatic carbocycles. The Labute approximate surface area is 244 Å². The van der Waals surface area contributed by atoms with E-state index < -0.39 is 51.8 Å². The molecule has 13 heteroatoms. The van der Waals surface area contributed by atoms with Gasteiger partial charge in [-0.3, -0.25) is 0 Å². The number of benzene rings is 1. The van der Waals surface area contributed by atoms with Crippen molar-refractivity contribution in [2.75, 3.05) is 17.1 Å². The van der Waals surface area contributed by atoms with E-state index in [0.717, 1.165) is 4.31 Å². The number of aliphatic hydroxyl groups is 3. The van der Waals surface area contributed by atoms with Crippen LogP contribution in [0.25, 0.3) is 17.3 Å². The van der Waals surface area contributed by atoms with Crippen LogP contribution >= 0.6 is 0 Å². The van der Waals surface area contributed by atoms with E-state index in [0.29, 0.717) is 16.8 Å². The predicted octanol–water partition coefficient (Wildman–Crippen LogP) is -1.79. The third-order valence-corrected chi connectivity index (χ3v) is 7.33. The Hall–Kier alpha value is -1.93. The van der Waals surface area contributed by atoms with Gasteiger partial charge in [-0.1, -0.05) is 26.0 Å². The second kappa shape index (κ2) is 13.9. The predicted molar refractivity (Wildman–Crippen MR) is 135 cm³/mol. The van der Waals surface area contributed by atoms with Gasteiger partial charge in [0.1, 0.15) is 5.82 Å². The van der Waals surface area contributed by atoms with E-state index >= 15 is 0 Å². The van der Waals surface area contributed by atoms with Crippen LogP contribution in [0.2, 0.25) is 0 Å². The molecule has 0 aliphatic rings. The molecule has 0 amide bonds. The van der Waals surface area contributed by atoms with E-state index in [9.17, 15) is 38.0 Å². The van der Waals surface area contributed by atoms with Crippen molar-refractivity contribution < 1.29 is 67.6 Å². The van der Waals surface area contributed by atoms with Crippen molar-refractivity contribution in [3.63, 3.8) is 0 Å². The first-order valence-electron chi connectivity index (χ1n) is 11.6. The molecule has 1 aromatic carbocycles. The number of hydrogen-bond acceptors (Lipinski definition) is 9. The molecule has 3 N–H and O–H groups in total. The van der Waals surface area contributed by atoms with E-state index in [4.69, 9.17) is 0 Å². The first-order chi connectivity index (χ1) is 17.0. The third kappa shape index (κ3) is 9.99. The minimum absolute atomic E-state index is 0. The van der Waals surface area contributed by atoms with Gasteiger partial charge in [-0.05, 0) is 44.0 Å². The zero-order valence-corrected chi connectivity index (χ0v) is 25.2. The van der Waals surface area contributed by atoms with Crippen LogP contribution in [-0.2, 0) is 14.8 Å². The van der Waals surface area contributed by atoms with Crippen LogP contribution in [0.4, 0.5) is 10.3 Å². The normalized spacial score (nSPS) is 13.8. The van der Waals surface area contributed by atoms with Crippen LogP contribution < -0.4 is 39.0 Å². The minimum atomic E-state index is -4.02. The van der Waals surface area contributed by atoms with Crippen molar-refractivity contribution in [3.8, 4) is 11.3 Å². The molecule has 0 saturated carbocycles. The Morgan fingerprint density at radius 2 is 1.76 bits per heavy atom. The molecule has 0 bridgehead atoms. The molecule has 0 spiro atoms. The number of carboxylic acids is 1. The maximum absolute atomic E-state index is 13.6. The Bertz CT molecular complexity index is 1230. The number of aromatic nitrogens is 2. The van der Waals surface area contributed by atoms with Gasteiger partial charge < -0.3 is 25.2 Å². The van der Waals surface area contributed by atoms with Crippen LogP contribution in [0.5, 0.6) is 0 Å². The summed E-state index contributed by atoms with van der Waals surface area (Å²) >= 11 is 0. The summed E-state index contributed by atoms with van der Waals surface area (Å²) < 4.78 is 40.4. The second-order valence-electron chi connectivity index (χ2n) is 9.76. The molecule has 204 valence electrons. The van der Waals surface area contributed by atoms with Crippen molar-refractivity contribution in [2.24, 2.45) is 0 Å². The van der Waals surface area contributed by atoms with Gasteiger partial charge in [0.2, 0.25) is 16.0 Å². The molecule has 2 atom stereocenters. The Morgan fingerprint density at radius 1 is 1.18 bits per heavy atom. The van der Waals surface area contributed by atoms with Crippen molar-refractivity contribution >= 4 is 28.0 Å². The Balaban J connectivity index is 0.00000722. The fraction of sp³-hybridized carbons (Fsp3) is 0.480. The fourth-order valence-electron chi connectivity index (χ4n) is 3.56. The second-order valence-corrected chi connectivity index (χ2v) is 11.8. The van der Waals surface area contributed by atoms with Crippen LogP contribution in [0.15, 0.2) is 30.3 Å². The molecule has 1 heterocycles. The van der Waals surface area contributed by atoms with Gasteiger partial charge in [-0.2, -0.15) is 0 Å². The number of anilines is 1. The van der Waals surface area contributed by atoms with Gasteiger partial charge in [0, 0.05) is 37.0 Å². The first kappa shape index (κ1) is 34.1. The van der Waals surface area contributed by atoms with E-state index in [-0.39, 0.29) is 53.5 Å². The van der Waals surface area contributed by atoms with Gasteiger partial charge in [0.25, 0.3) is 0 Å². The smallest absolute Gasteiger partial charge is 0.550 e. The van der Waals surface area contributed by atoms with Gasteiger partial charge in [-0.25, -0.2) is 27.1 Å². The molecule has 0 saturated heterocycles. The molecular weight excluding hydrogens is 528 g/mol. The summed E-state index contributed by atoms with van der Waals surface area (Å²) in [5.74, 6) is -2.91. The SMILES string of the molecule is CC(C)c1nc(N(C)S(=O)(=O)CC(C)(C)O)nc(-c2ccc(F)cc2)c1/C=C/[C@@H](O)C[C@@H](O)CC(=O)[O-].[Na+]. The molecule has 0 radical (unpaired) electrons. The first-order valence-corrected chi connectivity index (χ1v) is 13.2. The zero-order chi connectivity index (χ0) is 28.1. The summed E-state index contributed by atoms with van der Waals surface area (Å²) in [4.78, 5) is 19.6. The molecule has 1 aromatic heterocycles. The van der Waals surface area contributed by atoms with Crippen LogP contribution in [0.3, 0.4) is 0 Å². The number of sulfonamides is 1. The summed E-state index contributed by atoms with van der Waals surface area (Å²) in [5.41, 5.74) is 0.0537. The standard InChI is InChI=1S/C25H34FN3O7S.Na/c1-15(2)22-20(11-10-18(30)12-19(31)13-21(32)33)23(16-6-8-17(26)9-7-16)28-24(27-22)29(5)37(35,36)14-25(3,4)34;/h6-11,15,18-19,30-31,34H,12-14H2,1-5H3,(H,32,33);/q;+1/p-1/b11-10+;/t18-,19-;/m1./s1.